The second-order valence-corrected chi connectivity index (χ2v) is 10.1. The molecule has 2 fully saturated rings. The third-order valence-corrected chi connectivity index (χ3v) is 7.72. The van der Waals surface area contributed by atoms with E-state index in [2.05, 4.69) is 38.1 Å². The molecule has 2 aliphatic rings. The number of nitrogens with zero attached hydrogens (tertiary/aromatic N) is 4. The summed E-state index contributed by atoms with van der Waals surface area (Å²) in [5.74, 6) is 0.879. The van der Waals surface area contributed by atoms with E-state index in [0.717, 1.165) is 56.9 Å². The average molecular weight is 483 g/mol. The predicted molar refractivity (Wildman–Crippen MR) is 132 cm³/mol. The zero-order valence-corrected chi connectivity index (χ0v) is 20.4. The normalized spacial score (nSPS) is 19.1. The van der Waals surface area contributed by atoms with Crippen LogP contribution in [0.5, 0.6) is 0 Å². The first-order valence-corrected chi connectivity index (χ1v) is 13.2. The van der Waals surface area contributed by atoms with Gasteiger partial charge >= 0.3 is 6.09 Å². The lowest BCUT2D eigenvalue weighted by Crippen LogP contribution is -2.46. The highest BCUT2D eigenvalue weighted by Crippen LogP contribution is 2.33. The Morgan fingerprint density at radius 1 is 1.03 bits per heavy atom. The molecule has 190 valence electrons. The van der Waals surface area contributed by atoms with Crippen LogP contribution in [-0.4, -0.2) is 54.7 Å². The van der Waals surface area contributed by atoms with Gasteiger partial charge in [0, 0.05) is 24.9 Å². The summed E-state index contributed by atoms with van der Waals surface area (Å²) in [4.78, 5) is 27.4. The lowest BCUT2D eigenvalue weighted by atomic mass is 9.82. The molecular formula is C26H38N6O3. The summed E-state index contributed by atoms with van der Waals surface area (Å²) in [5, 5.41) is 27.1. The summed E-state index contributed by atoms with van der Waals surface area (Å²) in [7, 11) is 0. The molecule has 0 aliphatic heterocycles. The van der Waals surface area contributed by atoms with Gasteiger partial charge in [0.05, 0.1) is 6.04 Å². The molecule has 35 heavy (non-hydrogen) atoms. The summed E-state index contributed by atoms with van der Waals surface area (Å²) >= 11 is 0. The van der Waals surface area contributed by atoms with Gasteiger partial charge in [-0.15, -0.1) is 10.2 Å². The van der Waals surface area contributed by atoms with Gasteiger partial charge in [0.25, 0.3) is 0 Å². The molecular weight excluding hydrogens is 444 g/mol. The SMILES string of the molecule is O=C(O)NC(CCC(=O)N(C1CCCCC1)[C@@H](Cc1ccccc1)c1nn[nH]n1)C1CCCCC1. The Hall–Kier alpha value is -2.97. The Kier molecular flexibility index (Phi) is 9.08. The first-order chi connectivity index (χ1) is 17.1. The van der Waals surface area contributed by atoms with E-state index in [9.17, 15) is 14.7 Å². The molecule has 2 aliphatic carbocycles. The zero-order valence-electron chi connectivity index (χ0n) is 20.4. The molecule has 2 aromatic rings. The number of nitrogens with one attached hydrogen (secondary N) is 2. The minimum Gasteiger partial charge on any atom is -0.465 e. The number of aromatic amines is 1. The fourth-order valence-corrected chi connectivity index (χ4v) is 5.98. The number of tetrazole rings is 1. The number of benzene rings is 1. The van der Waals surface area contributed by atoms with E-state index < -0.39 is 6.09 Å². The highest BCUT2D eigenvalue weighted by atomic mass is 16.4. The van der Waals surface area contributed by atoms with E-state index in [-0.39, 0.29) is 24.0 Å². The van der Waals surface area contributed by atoms with Crippen molar-refractivity contribution in [3.8, 4) is 0 Å². The number of hydrogen-bond acceptors (Lipinski definition) is 5. The number of carbonyl (C=O) groups is 2. The van der Waals surface area contributed by atoms with Crippen molar-refractivity contribution in [3.05, 3.63) is 41.7 Å². The molecule has 1 aromatic carbocycles. The minimum atomic E-state index is -1.01. The van der Waals surface area contributed by atoms with Gasteiger partial charge < -0.3 is 15.3 Å². The van der Waals surface area contributed by atoms with Crippen LogP contribution in [-0.2, 0) is 11.2 Å². The Bertz CT molecular complexity index is 910. The summed E-state index contributed by atoms with van der Waals surface area (Å²) in [6, 6.07) is 9.74. The molecule has 1 unspecified atom stereocenters. The number of carboxylic acid groups (broad SMARTS) is 1. The first-order valence-electron chi connectivity index (χ1n) is 13.2. The molecule has 4 rings (SSSR count). The maximum atomic E-state index is 13.9. The second-order valence-electron chi connectivity index (χ2n) is 10.1. The van der Waals surface area contributed by atoms with Gasteiger partial charge in [0.15, 0.2) is 5.82 Å². The summed E-state index contributed by atoms with van der Waals surface area (Å²) < 4.78 is 0. The maximum Gasteiger partial charge on any atom is 0.404 e. The molecule has 2 saturated carbocycles. The Labute approximate surface area is 207 Å². The van der Waals surface area contributed by atoms with Crippen LogP contribution in [0.2, 0.25) is 0 Å². The fourth-order valence-electron chi connectivity index (χ4n) is 5.98. The number of rotatable bonds is 10. The van der Waals surface area contributed by atoms with Gasteiger partial charge in [-0.1, -0.05) is 74.1 Å². The molecule has 9 heteroatoms. The third kappa shape index (κ3) is 7.02. The summed E-state index contributed by atoms with van der Waals surface area (Å²) in [6.07, 6.45) is 11.3. The smallest absolute Gasteiger partial charge is 0.404 e. The van der Waals surface area contributed by atoms with E-state index in [1.54, 1.807) is 0 Å². The van der Waals surface area contributed by atoms with Gasteiger partial charge in [-0.2, -0.15) is 5.21 Å². The van der Waals surface area contributed by atoms with Gasteiger partial charge in [-0.3, -0.25) is 4.79 Å². The van der Waals surface area contributed by atoms with Gasteiger partial charge in [-0.25, -0.2) is 4.79 Å². The lowest BCUT2D eigenvalue weighted by Gasteiger charge is -2.39. The van der Waals surface area contributed by atoms with Gasteiger partial charge in [0.2, 0.25) is 5.91 Å². The van der Waals surface area contributed by atoms with Crippen molar-refractivity contribution in [3.63, 3.8) is 0 Å². The Morgan fingerprint density at radius 3 is 2.34 bits per heavy atom. The molecule has 3 N–H and O–H groups in total. The minimum absolute atomic E-state index is 0.0515. The highest BCUT2D eigenvalue weighted by Gasteiger charge is 2.35. The summed E-state index contributed by atoms with van der Waals surface area (Å²) in [5.41, 5.74) is 1.11. The largest absolute Gasteiger partial charge is 0.465 e. The third-order valence-electron chi connectivity index (χ3n) is 7.72. The second kappa shape index (κ2) is 12.7. The van der Waals surface area contributed by atoms with Crippen LogP contribution in [0.1, 0.15) is 94.5 Å². The lowest BCUT2D eigenvalue weighted by molar-refractivity contribution is -0.138. The van der Waals surface area contributed by atoms with Crippen LogP contribution < -0.4 is 5.32 Å². The number of hydrogen-bond donors (Lipinski definition) is 3. The zero-order chi connectivity index (χ0) is 24.5. The molecule has 0 saturated heterocycles. The molecule has 9 nitrogen and oxygen atoms in total. The van der Waals surface area contributed by atoms with Crippen molar-refractivity contribution >= 4 is 12.0 Å². The van der Waals surface area contributed by atoms with E-state index in [1.807, 2.05) is 23.1 Å². The van der Waals surface area contributed by atoms with Crippen LogP contribution in [0.3, 0.4) is 0 Å². The number of H-pyrrole nitrogens is 1. The van der Waals surface area contributed by atoms with Crippen molar-refractivity contribution in [1.82, 2.24) is 30.8 Å². The highest BCUT2D eigenvalue weighted by molar-refractivity contribution is 5.77. The number of aromatic nitrogens is 4. The average Bonchev–Trinajstić information content (AvgIpc) is 3.43. The van der Waals surface area contributed by atoms with E-state index >= 15 is 0 Å². The molecule has 0 spiro atoms. The number of amides is 2. The summed E-state index contributed by atoms with van der Waals surface area (Å²) in [6.45, 7) is 0. The van der Waals surface area contributed by atoms with Crippen molar-refractivity contribution in [2.24, 2.45) is 5.92 Å². The molecule has 0 radical (unpaired) electrons. The van der Waals surface area contributed by atoms with E-state index in [1.165, 1.54) is 12.8 Å². The Balaban J connectivity index is 1.55. The van der Waals surface area contributed by atoms with Crippen LogP contribution in [0, 0.1) is 5.92 Å². The van der Waals surface area contributed by atoms with Gasteiger partial charge in [-0.05, 0) is 43.6 Å². The van der Waals surface area contributed by atoms with Crippen LogP contribution >= 0.6 is 0 Å². The van der Waals surface area contributed by atoms with Crippen molar-refractivity contribution in [2.75, 3.05) is 0 Å². The molecule has 1 aromatic heterocycles. The van der Waals surface area contributed by atoms with E-state index in [4.69, 9.17) is 0 Å². The van der Waals surface area contributed by atoms with Crippen molar-refractivity contribution < 1.29 is 14.7 Å². The van der Waals surface area contributed by atoms with Crippen LogP contribution in [0.25, 0.3) is 0 Å². The Morgan fingerprint density at radius 2 is 1.71 bits per heavy atom. The first kappa shape index (κ1) is 25.1. The monoisotopic (exact) mass is 482 g/mol. The molecule has 2 amide bonds. The topological polar surface area (TPSA) is 124 Å². The fraction of sp³-hybridized carbons (Fsp3) is 0.654. The van der Waals surface area contributed by atoms with Gasteiger partial charge in [0.1, 0.15) is 0 Å². The predicted octanol–water partition coefficient (Wildman–Crippen LogP) is 4.64. The van der Waals surface area contributed by atoms with Crippen molar-refractivity contribution in [2.45, 2.75) is 102 Å². The van der Waals surface area contributed by atoms with Crippen molar-refractivity contribution in [1.29, 1.82) is 0 Å². The number of carbonyl (C=O) groups excluding carboxylic acids is 1. The molecule has 2 atom stereocenters. The van der Waals surface area contributed by atoms with Crippen LogP contribution in [0.4, 0.5) is 4.79 Å². The standard InChI is InChI=1S/C26H38N6O3/c33-24(17-16-22(27-26(34)35)20-12-6-2-7-13-20)32(21-14-8-3-9-15-21)23(25-28-30-31-29-25)18-19-10-4-1-5-11-19/h1,4-5,10-11,20-23,27H,2-3,6-9,12-18H2,(H,34,35)(H,28,29,30,31)/t22?,23-/m0/s1. The quantitative estimate of drug-likeness (QED) is 0.453. The molecule has 0 bridgehead atoms. The molecule has 1 heterocycles. The van der Waals surface area contributed by atoms with E-state index in [0.29, 0.717) is 31.0 Å². The maximum absolute atomic E-state index is 13.9. The van der Waals surface area contributed by atoms with Crippen LogP contribution in [0.15, 0.2) is 30.3 Å².